The van der Waals surface area contributed by atoms with Gasteiger partial charge in [-0.05, 0) is 42.0 Å². The van der Waals surface area contributed by atoms with Crippen molar-refractivity contribution in [3.8, 4) is 11.4 Å². The lowest BCUT2D eigenvalue weighted by atomic mass is 10.2. The van der Waals surface area contributed by atoms with Crippen molar-refractivity contribution in [1.29, 1.82) is 0 Å². The zero-order valence-corrected chi connectivity index (χ0v) is 16.3. The van der Waals surface area contributed by atoms with Gasteiger partial charge in [0.15, 0.2) is 5.82 Å². The molecule has 0 bridgehead atoms. The first-order valence-corrected chi connectivity index (χ1v) is 10.3. The van der Waals surface area contributed by atoms with Gasteiger partial charge in [0.05, 0.1) is 4.90 Å². The highest BCUT2D eigenvalue weighted by Crippen LogP contribution is 2.25. The second-order valence-electron chi connectivity index (χ2n) is 5.91. The van der Waals surface area contributed by atoms with E-state index in [2.05, 4.69) is 10.2 Å². The summed E-state index contributed by atoms with van der Waals surface area (Å²) >= 11 is 1.33. The molecule has 1 heterocycles. The number of thioether (sulfide) groups is 1. The molecule has 7 nitrogen and oxygen atoms in total. The van der Waals surface area contributed by atoms with Gasteiger partial charge >= 0.3 is 0 Å². The number of rotatable bonds is 6. The molecule has 0 unspecified atom stereocenters. The van der Waals surface area contributed by atoms with Gasteiger partial charge in [-0.3, -0.25) is 0 Å². The summed E-state index contributed by atoms with van der Waals surface area (Å²) in [5, 5.41) is 8.58. The lowest BCUT2D eigenvalue weighted by Gasteiger charge is -2.12. The monoisotopic (exact) mass is 407 g/mol. The Balaban J connectivity index is 1.77. The summed E-state index contributed by atoms with van der Waals surface area (Å²) in [5.41, 5.74) is 1.46. The van der Waals surface area contributed by atoms with E-state index in [1.807, 2.05) is 6.07 Å². The number of aromatic nitrogens is 3. The summed E-state index contributed by atoms with van der Waals surface area (Å²) in [7, 11) is -0.509. The summed E-state index contributed by atoms with van der Waals surface area (Å²) in [4.78, 5) is 0.229. The molecule has 1 aromatic heterocycles. The van der Waals surface area contributed by atoms with Crippen molar-refractivity contribution < 1.29 is 12.8 Å². The Bertz CT molecular complexity index is 1050. The van der Waals surface area contributed by atoms with Gasteiger partial charge in [-0.25, -0.2) is 21.8 Å². The fourth-order valence-electron chi connectivity index (χ4n) is 2.33. The summed E-state index contributed by atoms with van der Waals surface area (Å²) in [6.07, 6.45) is 0. The maximum absolute atomic E-state index is 13.1. The summed E-state index contributed by atoms with van der Waals surface area (Å²) in [5.74, 6) is 6.59. The average Bonchev–Trinajstić information content (AvgIpc) is 3.01. The molecule has 3 rings (SSSR count). The van der Waals surface area contributed by atoms with Crippen molar-refractivity contribution in [2.24, 2.45) is 0 Å². The molecule has 0 fully saturated rings. The predicted octanol–water partition coefficient (Wildman–Crippen LogP) is 2.34. The third kappa shape index (κ3) is 4.12. The first-order chi connectivity index (χ1) is 12.8. The number of nitrogens with zero attached hydrogens (tertiary/aromatic N) is 4. The van der Waals surface area contributed by atoms with Gasteiger partial charge in [-0.2, -0.15) is 0 Å². The molecule has 2 N–H and O–H groups in total. The third-order valence-corrected chi connectivity index (χ3v) is 6.64. The number of nitrogens with two attached hydrogens (primary N) is 1. The van der Waals surface area contributed by atoms with E-state index in [1.165, 1.54) is 47.0 Å². The van der Waals surface area contributed by atoms with Crippen LogP contribution in [0.5, 0.6) is 0 Å². The Morgan fingerprint density at radius 3 is 2.52 bits per heavy atom. The molecule has 0 aliphatic rings. The van der Waals surface area contributed by atoms with Crippen LogP contribution < -0.4 is 5.84 Å². The van der Waals surface area contributed by atoms with Crippen molar-refractivity contribution in [2.75, 3.05) is 19.9 Å². The molecule has 142 valence electrons. The summed E-state index contributed by atoms with van der Waals surface area (Å²) in [6, 6.07) is 12.5. The molecule has 0 saturated heterocycles. The van der Waals surface area contributed by atoms with Crippen molar-refractivity contribution in [3.63, 3.8) is 0 Å². The van der Waals surface area contributed by atoms with E-state index in [0.717, 1.165) is 5.56 Å². The van der Waals surface area contributed by atoms with Crippen LogP contribution in [-0.4, -0.2) is 41.7 Å². The number of halogens is 1. The SMILES string of the molecule is CN(C)S(=O)(=O)c1cccc(CSc2nnc(-c3ccc(F)cc3)n2N)c1. The Morgan fingerprint density at radius 2 is 1.85 bits per heavy atom. The minimum Gasteiger partial charge on any atom is -0.335 e. The zero-order valence-electron chi connectivity index (χ0n) is 14.7. The van der Waals surface area contributed by atoms with Crippen LogP contribution in [0.1, 0.15) is 5.56 Å². The topological polar surface area (TPSA) is 94.1 Å². The van der Waals surface area contributed by atoms with E-state index in [-0.39, 0.29) is 10.7 Å². The molecule has 0 atom stereocenters. The van der Waals surface area contributed by atoms with E-state index >= 15 is 0 Å². The van der Waals surface area contributed by atoms with Crippen molar-refractivity contribution in [1.82, 2.24) is 19.2 Å². The predicted molar refractivity (Wildman–Crippen MR) is 102 cm³/mol. The highest BCUT2D eigenvalue weighted by Gasteiger charge is 2.18. The minimum absolute atomic E-state index is 0.229. The fourth-order valence-corrected chi connectivity index (χ4v) is 4.10. The first-order valence-electron chi connectivity index (χ1n) is 7.90. The molecule has 0 aliphatic heterocycles. The van der Waals surface area contributed by atoms with E-state index in [9.17, 15) is 12.8 Å². The fraction of sp³-hybridized carbons (Fsp3) is 0.176. The molecule has 0 amide bonds. The standard InChI is InChI=1S/C17H18FN5O2S2/c1-22(2)27(24,25)15-5-3-4-12(10-15)11-26-17-21-20-16(23(17)19)13-6-8-14(18)9-7-13/h3-10H,11,19H2,1-2H3. The van der Waals surface area contributed by atoms with Crippen LogP contribution >= 0.6 is 11.8 Å². The van der Waals surface area contributed by atoms with Gasteiger partial charge in [-0.1, -0.05) is 23.9 Å². The summed E-state index contributed by atoms with van der Waals surface area (Å²) < 4.78 is 40.0. The molecule has 2 aromatic carbocycles. The second kappa shape index (κ2) is 7.67. The maximum Gasteiger partial charge on any atom is 0.242 e. The molecule has 0 aliphatic carbocycles. The van der Waals surface area contributed by atoms with Crippen molar-refractivity contribution in [3.05, 3.63) is 59.9 Å². The third-order valence-electron chi connectivity index (χ3n) is 3.81. The molecule has 0 saturated carbocycles. The molecular weight excluding hydrogens is 389 g/mol. The highest BCUT2D eigenvalue weighted by atomic mass is 32.2. The Kier molecular flexibility index (Phi) is 5.49. The minimum atomic E-state index is -3.49. The summed E-state index contributed by atoms with van der Waals surface area (Å²) in [6.45, 7) is 0. The van der Waals surface area contributed by atoms with Crippen LogP contribution in [0.15, 0.2) is 58.6 Å². The van der Waals surface area contributed by atoms with Crippen LogP contribution in [0.3, 0.4) is 0 Å². The molecule has 10 heteroatoms. The first kappa shape index (κ1) is 19.3. The van der Waals surface area contributed by atoms with Crippen LogP contribution in [0, 0.1) is 5.82 Å². The lowest BCUT2D eigenvalue weighted by Crippen LogP contribution is -2.22. The normalized spacial score (nSPS) is 11.9. The molecule has 27 heavy (non-hydrogen) atoms. The Labute approximate surface area is 161 Å². The molecule has 0 spiro atoms. The van der Waals surface area contributed by atoms with Crippen LogP contribution in [0.25, 0.3) is 11.4 Å². The Morgan fingerprint density at radius 1 is 1.15 bits per heavy atom. The van der Waals surface area contributed by atoms with Gasteiger partial charge in [0, 0.05) is 25.4 Å². The quantitative estimate of drug-likeness (QED) is 0.498. The average molecular weight is 407 g/mol. The number of hydrogen-bond donors (Lipinski definition) is 1. The van der Waals surface area contributed by atoms with Gasteiger partial charge in [0.1, 0.15) is 5.82 Å². The smallest absolute Gasteiger partial charge is 0.242 e. The second-order valence-corrected chi connectivity index (χ2v) is 9.00. The largest absolute Gasteiger partial charge is 0.335 e. The van der Waals surface area contributed by atoms with Gasteiger partial charge in [0.2, 0.25) is 15.2 Å². The number of hydrogen-bond acceptors (Lipinski definition) is 6. The molecular formula is C17H18FN5O2S2. The van der Waals surface area contributed by atoms with Crippen LogP contribution in [0.2, 0.25) is 0 Å². The lowest BCUT2D eigenvalue weighted by molar-refractivity contribution is 0.520. The van der Waals surface area contributed by atoms with Crippen molar-refractivity contribution >= 4 is 21.8 Å². The van der Waals surface area contributed by atoms with Gasteiger partial charge in [0.25, 0.3) is 0 Å². The van der Waals surface area contributed by atoms with Crippen molar-refractivity contribution in [2.45, 2.75) is 15.8 Å². The van der Waals surface area contributed by atoms with E-state index in [1.54, 1.807) is 30.3 Å². The number of nitrogen functional groups attached to an aromatic ring is 1. The maximum atomic E-state index is 13.1. The Hall–Kier alpha value is -2.43. The molecule has 0 radical (unpaired) electrons. The van der Waals surface area contributed by atoms with E-state index in [4.69, 9.17) is 5.84 Å². The van der Waals surface area contributed by atoms with E-state index < -0.39 is 10.0 Å². The number of benzene rings is 2. The van der Waals surface area contributed by atoms with Crippen LogP contribution in [0.4, 0.5) is 4.39 Å². The van der Waals surface area contributed by atoms with Crippen LogP contribution in [-0.2, 0) is 15.8 Å². The number of sulfonamides is 1. The van der Waals surface area contributed by atoms with Gasteiger partial charge < -0.3 is 5.84 Å². The van der Waals surface area contributed by atoms with E-state index in [0.29, 0.717) is 22.3 Å². The zero-order chi connectivity index (χ0) is 19.6. The van der Waals surface area contributed by atoms with Gasteiger partial charge in [-0.15, -0.1) is 10.2 Å². The molecule has 3 aromatic rings. The highest BCUT2D eigenvalue weighted by molar-refractivity contribution is 7.98.